The second-order valence-electron chi connectivity index (χ2n) is 5.10. The minimum absolute atomic E-state index is 0.0491. The molecule has 6 nitrogen and oxygen atoms in total. The summed E-state index contributed by atoms with van der Waals surface area (Å²) >= 11 is 7.44. The molecule has 1 amide bonds. The van der Waals surface area contributed by atoms with E-state index in [0.717, 1.165) is 11.4 Å². The number of thioether (sulfide) groups is 1. The van der Waals surface area contributed by atoms with Crippen LogP contribution < -0.4 is 5.32 Å². The van der Waals surface area contributed by atoms with Crippen LogP contribution in [0.1, 0.15) is 13.8 Å². The maximum atomic E-state index is 12.1. The van der Waals surface area contributed by atoms with Gasteiger partial charge in [-0.2, -0.15) is 0 Å². The predicted molar refractivity (Wildman–Crippen MR) is 96.3 cm³/mol. The molecule has 0 aliphatic rings. The van der Waals surface area contributed by atoms with Crippen molar-refractivity contribution >= 4 is 29.3 Å². The number of nitrogens with one attached hydrogen (secondary N) is 1. The molecule has 0 fully saturated rings. The normalized spacial score (nSPS) is 12.2. The summed E-state index contributed by atoms with van der Waals surface area (Å²) in [5, 5.41) is 12.4. The maximum Gasteiger partial charge on any atom is 0.233 e. The highest BCUT2D eigenvalue weighted by Crippen LogP contribution is 2.27. The number of halogens is 1. The van der Waals surface area contributed by atoms with Crippen LogP contribution in [0.4, 0.5) is 0 Å². The number of ether oxygens (including phenoxy) is 1. The molecule has 1 aromatic heterocycles. The number of carbonyl (C=O) groups is 1. The third-order valence-electron chi connectivity index (χ3n) is 3.37. The van der Waals surface area contributed by atoms with Gasteiger partial charge in [0.2, 0.25) is 5.91 Å². The van der Waals surface area contributed by atoms with Crippen LogP contribution >= 0.6 is 23.4 Å². The molecule has 24 heavy (non-hydrogen) atoms. The molecule has 0 radical (unpaired) electrons. The van der Waals surface area contributed by atoms with Crippen molar-refractivity contribution in [1.29, 1.82) is 0 Å². The first kappa shape index (κ1) is 18.8. The average molecular weight is 369 g/mol. The van der Waals surface area contributed by atoms with Gasteiger partial charge in [-0.25, -0.2) is 0 Å². The van der Waals surface area contributed by atoms with Crippen LogP contribution in [0, 0.1) is 0 Å². The zero-order valence-electron chi connectivity index (χ0n) is 14.0. The lowest BCUT2D eigenvalue weighted by Gasteiger charge is -2.12. The molecule has 130 valence electrons. The molecular weight excluding hydrogens is 348 g/mol. The van der Waals surface area contributed by atoms with E-state index in [9.17, 15) is 4.79 Å². The molecule has 0 bridgehead atoms. The van der Waals surface area contributed by atoms with Gasteiger partial charge < -0.3 is 14.6 Å². The number of carbonyl (C=O) groups excluding carboxylic acids is 1. The molecule has 0 aliphatic heterocycles. The quantitative estimate of drug-likeness (QED) is 0.573. The van der Waals surface area contributed by atoms with Crippen molar-refractivity contribution in [2.45, 2.75) is 30.8 Å². The summed E-state index contributed by atoms with van der Waals surface area (Å²) in [5.41, 5.74) is 0.904. The number of benzene rings is 1. The van der Waals surface area contributed by atoms with E-state index in [4.69, 9.17) is 16.3 Å². The Balaban J connectivity index is 2.13. The first-order chi connectivity index (χ1) is 11.6. The number of hydrogen-bond acceptors (Lipinski definition) is 5. The highest BCUT2D eigenvalue weighted by atomic mass is 35.5. The zero-order valence-corrected chi connectivity index (χ0v) is 15.5. The Labute approximate surface area is 150 Å². The van der Waals surface area contributed by atoms with Gasteiger partial charge in [0.15, 0.2) is 11.0 Å². The molecule has 1 heterocycles. The number of aromatic nitrogens is 3. The Hall–Kier alpha value is -1.57. The van der Waals surface area contributed by atoms with Crippen LogP contribution in [0.5, 0.6) is 0 Å². The fraction of sp³-hybridized carbons (Fsp3) is 0.438. The summed E-state index contributed by atoms with van der Waals surface area (Å²) < 4.78 is 6.91. The summed E-state index contributed by atoms with van der Waals surface area (Å²) in [6.07, 6.45) is 0. The van der Waals surface area contributed by atoms with Gasteiger partial charge in [-0.15, -0.1) is 10.2 Å². The minimum atomic E-state index is -0.274. The smallest absolute Gasteiger partial charge is 0.233 e. The van der Waals surface area contributed by atoms with Crippen LogP contribution in [0.15, 0.2) is 29.4 Å². The van der Waals surface area contributed by atoms with Crippen LogP contribution in [0.25, 0.3) is 11.4 Å². The van der Waals surface area contributed by atoms with Crippen molar-refractivity contribution in [3.8, 4) is 11.4 Å². The third-order valence-corrected chi connectivity index (χ3v) is 4.69. The molecule has 0 unspecified atom stereocenters. The fourth-order valence-electron chi connectivity index (χ4n) is 2.13. The first-order valence-corrected chi connectivity index (χ1v) is 8.95. The molecule has 1 atom stereocenters. The topological polar surface area (TPSA) is 69.0 Å². The van der Waals surface area contributed by atoms with E-state index >= 15 is 0 Å². The Morgan fingerprint density at radius 3 is 2.92 bits per heavy atom. The van der Waals surface area contributed by atoms with Crippen molar-refractivity contribution in [3.63, 3.8) is 0 Å². The lowest BCUT2D eigenvalue weighted by atomic mass is 10.2. The largest absolute Gasteiger partial charge is 0.383 e. The molecule has 2 aromatic rings. The maximum absolute atomic E-state index is 12.1. The van der Waals surface area contributed by atoms with E-state index < -0.39 is 0 Å². The Morgan fingerprint density at radius 1 is 1.46 bits per heavy atom. The Kier molecular flexibility index (Phi) is 7.08. The van der Waals surface area contributed by atoms with Crippen LogP contribution in [0.3, 0.4) is 0 Å². The van der Waals surface area contributed by atoms with Crippen molar-refractivity contribution in [2.24, 2.45) is 0 Å². The monoisotopic (exact) mass is 368 g/mol. The first-order valence-electron chi connectivity index (χ1n) is 7.69. The van der Waals surface area contributed by atoms with Gasteiger partial charge in [0.05, 0.1) is 11.9 Å². The third kappa shape index (κ3) is 4.72. The Morgan fingerprint density at radius 2 is 2.25 bits per heavy atom. The highest BCUT2D eigenvalue weighted by Gasteiger charge is 2.20. The molecule has 0 aliphatic carbocycles. The summed E-state index contributed by atoms with van der Waals surface area (Å²) in [7, 11) is 1.60. The molecule has 2 rings (SSSR count). The summed E-state index contributed by atoms with van der Waals surface area (Å²) in [6, 6.07) is 7.50. The average Bonchev–Trinajstić information content (AvgIpc) is 2.97. The van der Waals surface area contributed by atoms with E-state index in [1.165, 1.54) is 11.8 Å². The second kappa shape index (κ2) is 9.05. The van der Waals surface area contributed by atoms with Gasteiger partial charge in [-0.3, -0.25) is 4.79 Å². The molecule has 1 aromatic carbocycles. The van der Waals surface area contributed by atoms with Crippen molar-refractivity contribution < 1.29 is 9.53 Å². The van der Waals surface area contributed by atoms with E-state index in [-0.39, 0.29) is 11.2 Å². The summed E-state index contributed by atoms with van der Waals surface area (Å²) in [6.45, 7) is 5.56. The van der Waals surface area contributed by atoms with Crippen molar-refractivity contribution in [2.75, 3.05) is 20.3 Å². The summed E-state index contributed by atoms with van der Waals surface area (Å²) in [5.74, 6) is 0.696. The van der Waals surface area contributed by atoms with Crippen LogP contribution in [-0.4, -0.2) is 46.2 Å². The van der Waals surface area contributed by atoms with E-state index in [2.05, 4.69) is 15.5 Å². The molecule has 8 heteroatoms. The molecule has 0 saturated heterocycles. The second-order valence-corrected chi connectivity index (χ2v) is 6.85. The van der Waals surface area contributed by atoms with E-state index in [1.807, 2.05) is 42.7 Å². The van der Waals surface area contributed by atoms with Gasteiger partial charge in [0, 0.05) is 30.8 Å². The standard InChI is InChI=1S/C16H21ClN4O2S/c1-4-21-14(12-6-5-7-13(17)10-12)19-20-16(21)24-11(2)15(22)18-8-9-23-3/h5-7,10-11H,4,8-9H2,1-3H3,(H,18,22)/t11-/m0/s1. The predicted octanol–water partition coefficient (Wildman–Crippen LogP) is 2.86. The van der Waals surface area contributed by atoms with Gasteiger partial charge in [-0.1, -0.05) is 35.5 Å². The number of amides is 1. The number of nitrogens with zero attached hydrogens (tertiary/aromatic N) is 3. The lowest BCUT2D eigenvalue weighted by Crippen LogP contribution is -2.33. The van der Waals surface area contributed by atoms with E-state index in [1.54, 1.807) is 7.11 Å². The number of rotatable bonds is 8. The van der Waals surface area contributed by atoms with Crippen LogP contribution in [0.2, 0.25) is 5.02 Å². The lowest BCUT2D eigenvalue weighted by molar-refractivity contribution is -0.120. The van der Waals surface area contributed by atoms with E-state index in [0.29, 0.717) is 29.9 Å². The van der Waals surface area contributed by atoms with Crippen molar-refractivity contribution in [1.82, 2.24) is 20.1 Å². The molecule has 0 saturated carbocycles. The highest BCUT2D eigenvalue weighted by molar-refractivity contribution is 8.00. The summed E-state index contributed by atoms with van der Waals surface area (Å²) in [4.78, 5) is 12.1. The molecule has 0 spiro atoms. The number of methoxy groups -OCH3 is 1. The Bertz CT molecular complexity index is 692. The zero-order chi connectivity index (χ0) is 17.5. The van der Waals surface area contributed by atoms with Gasteiger partial charge in [0.25, 0.3) is 0 Å². The van der Waals surface area contributed by atoms with Crippen LogP contribution in [-0.2, 0) is 16.1 Å². The van der Waals surface area contributed by atoms with Crippen molar-refractivity contribution in [3.05, 3.63) is 29.3 Å². The van der Waals surface area contributed by atoms with Gasteiger partial charge in [-0.05, 0) is 26.0 Å². The minimum Gasteiger partial charge on any atom is -0.383 e. The molecular formula is C16H21ClN4O2S. The fourth-order valence-corrected chi connectivity index (χ4v) is 3.26. The SMILES string of the molecule is CCn1c(S[C@@H](C)C(=O)NCCOC)nnc1-c1cccc(Cl)c1. The van der Waals surface area contributed by atoms with Gasteiger partial charge >= 0.3 is 0 Å². The number of hydrogen-bond donors (Lipinski definition) is 1. The van der Waals surface area contributed by atoms with Gasteiger partial charge in [0.1, 0.15) is 0 Å². The molecule has 1 N–H and O–H groups in total.